The van der Waals surface area contributed by atoms with Crippen molar-refractivity contribution in [3.8, 4) is 0 Å². The van der Waals surface area contributed by atoms with Crippen LogP contribution in [0.4, 0.5) is 4.39 Å². The van der Waals surface area contributed by atoms with E-state index >= 15 is 0 Å². The Bertz CT molecular complexity index is 233. The maximum absolute atomic E-state index is 12.9. The van der Waals surface area contributed by atoms with Crippen LogP contribution in [0, 0.1) is 12.7 Å². The van der Waals surface area contributed by atoms with E-state index in [0.29, 0.717) is 0 Å². The van der Waals surface area contributed by atoms with Gasteiger partial charge in [-0.2, -0.15) is 0 Å². The Morgan fingerprint density at radius 1 is 1.33 bits per heavy atom. The van der Waals surface area contributed by atoms with Gasteiger partial charge in [-0.3, -0.25) is 0 Å². The van der Waals surface area contributed by atoms with E-state index in [1.165, 1.54) is 7.05 Å². The Morgan fingerprint density at radius 2 is 1.92 bits per heavy atom. The monoisotopic (exact) mass is 169 g/mol. The molecule has 0 fully saturated rings. The Balaban J connectivity index is 0.000000561. The van der Waals surface area contributed by atoms with Crippen LogP contribution in [-0.2, 0) is 6.42 Å². The highest BCUT2D eigenvalue weighted by atomic mass is 19.1. The molecule has 0 aliphatic carbocycles. The molecule has 0 aromatic heterocycles. The van der Waals surface area contributed by atoms with E-state index in [4.69, 9.17) is 0 Å². The lowest BCUT2D eigenvalue weighted by Crippen LogP contribution is -1.86. The van der Waals surface area contributed by atoms with E-state index in [1.807, 2.05) is 26.0 Å². The average Bonchev–Trinajstić information content (AvgIpc) is 2.08. The van der Waals surface area contributed by atoms with Gasteiger partial charge in [-0.15, -0.1) is 0 Å². The summed E-state index contributed by atoms with van der Waals surface area (Å²) in [5, 5.41) is 0. The summed E-state index contributed by atoms with van der Waals surface area (Å²) in [6, 6.07) is 5.34. The second kappa shape index (κ2) is 5.72. The molecule has 0 aliphatic heterocycles. The summed E-state index contributed by atoms with van der Waals surface area (Å²) in [7, 11) is 1.50. The molecule has 0 heterocycles. The number of rotatable bonds is 1. The molecule has 0 radical (unpaired) electrons. The average molecular weight is 169 g/mol. The fraction of sp³-hybridized carbons (Fsp3) is 0.400. The molecule has 12 heavy (non-hydrogen) atoms. The molecule has 0 saturated carbocycles. The van der Waals surface area contributed by atoms with Crippen molar-refractivity contribution in [3.63, 3.8) is 0 Å². The quantitative estimate of drug-likeness (QED) is 0.685. The van der Waals surface area contributed by atoms with Crippen LogP contribution in [0.5, 0.6) is 0 Å². The predicted molar refractivity (Wildman–Crippen MR) is 50.6 cm³/mol. The lowest BCUT2D eigenvalue weighted by Gasteiger charge is -1.98. The molecular weight excluding hydrogens is 153 g/mol. The number of hydrogen-bond acceptors (Lipinski definition) is 1. The van der Waals surface area contributed by atoms with E-state index in [2.05, 4.69) is 5.73 Å². The van der Waals surface area contributed by atoms with Gasteiger partial charge in [-0.05, 0) is 37.6 Å². The van der Waals surface area contributed by atoms with Crippen molar-refractivity contribution in [2.45, 2.75) is 20.3 Å². The van der Waals surface area contributed by atoms with Crippen LogP contribution in [0.3, 0.4) is 0 Å². The topological polar surface area (TPSA) is 26.0 Å². The highest BCUT2D eigenvalue weighted by Gasteiger charge is 1.97. The van der Waals surface area contributed by atoms with Crippen molar-refractivity contribution in [2.24, 2.45) is 5.73 Å². The van der Waals surface area contributed by atoms with Crippen LogP contribution >= 0.6 is 0 Å². The zero-order chi connectivity index (χ0) is 9.56. The molecule has 0 atom stereocenters. The van der Waals surface area contributed by atoms with Crippen LogP contribution in [0.15, 0.2) is 18.2 Å². The number of aryl methyl sites for hydroxylation is 2. The van der Waals surface area contributed by atoms with E-state index in [1.54, 1.807) is 6.07 Å². The molecule has 0 bridgehead atoms. The fourth-order valence-electron chi connectivity index (χ4n) is 0.939. The zero-order valence-electron chi connectivity index (χ0n) is 7.89. The molecule has 0 spiro atoms. The number of nitrogens with two attached hydrogens (primary N) is 1. The second-order valence-electron chi connectivity index (χ2n) is 2.45. The highest BCUT2D eigenvalue weighted by molar-refractivity contribution is 5.23. The summed E-state index contributed by atoms with van der Waals surface area (Å²) in [4.78, 5) is 0. The van der Waals surface area contributed by atoms with Gasteiger partial charge in [0.05, 0.1) is 0 Å². The first-order valence-corrected chi connectivity index (χ1v) is 4.07. The molecule has 1 aromatic rings. The summed E-state index contributed by atoms with van der Waals surface area (Å²) in [5.74, 6) is -0.0810. The Kier molecular flexibility index (Phi) is 5.30. The van der Waals surface area contributed by atoms with E-state index in [0.717, 1.165) is 17.5 Å². The standard InChI is InChI=1S/C9H11F.CH5N/c1-3-8-5-4-7(2)6-9(8)10;1-2/h4-6H,3H2,1-2H3;2H2,1H3. The summed E-state index contributed by atoms with van der Waals surface area (Å²) in [5.41, 5.74) is 6.28. The molecule has 68 valence electrons. The maximum atomic E-state index is 12.9. The van der Waals surface area contributed by atoms with Crippen LogP contribution in [0.2, 0.25) is 0 Å². The zero-order valence-corrected chi connectivity index (χ0v) is 7.89. The largest absolute Gasteiger partial charge is 0.333 e. The molecule has 1 rings (SSSR count). The first kappa shape index (κ1) is 11.1. The molecule has 0 aliphatic rings. The van der Waals surface area contributed by atoms with Gasteiger partial charge in [0.2, 0.25) is 0 Å². The lowest BCUT2D eigenvalue weighted by atomic mass is 10.1. The van der Waals surface area contributed by atoms with Crippen molar-refractivity contribution >= 4 is 0 Å². The number of hydrogen-bond donors (Lipinski definition) is 1. The Labute approximate surface area is 73.4 Å². The summed E-state index contributed by atoms with van der Waals surface area (Å²) in [6.07, 6.45) is 0.770. The van der Waals surface area contributed by atoms with Crippen molar-refractivity contribution in [1.29, 1.82) is 0 Å². The molecular formula is C10H16FN. The van der Waals surface area contributed by atoms with E-state index < -0.39 is 0 Å². The van der Waals surface area contributed by atoms with E-state index in [9.17, 15) is 4.39 Å². The van der Waals surface area contributed by atoms with Gasteiger partial charge >= 0.3 is 0 Å². The van der Waals surface area contributed by atoms with Crippen molar-refractivity contribution in [1.82, 2.24) is 0 Å². The van der Waals surface area contributed by atoms with Crippen LogP contribution in [-0.4, -0.2) is 7.05 Å². The van der Waals surface area contributed by atoms with Gasteiger partial charge < -0.3 is 5.73 Å². The van der Waals surface area contributed by atoms with Gasteiger partial charge in [0, 0.05) is 0 Å². The van der Waals surface area contributed by atoms with Gasteiger partial charge in [-0.25, -0.2) is 4.39 Å². The van der Waals surface area contributed by atoms with Gasteiger partial charge in [0.15, 0.2) is 0 Å². The van der Waals surface area contributed by atoms with Crippen LogP contribution in [0.25, 0.3) is 0 Å². The SMILES string of the molecule is CCc1ccc(C)cc1F.CN. The third kappa shape index (κ3) is 3.01. The van der Waals surface area contributed by atoms with Gasteiger partial charge in [-0.1, -0.05) is 19.1 Å². The molecule has 0 amide bonds. The molecule has 0 saturated heterocycles. The minimum atomic E-state index is -0.0810. The summed E-state index contributed by atoms with van der Waals surface area (Å²) < 4.78 is 12.9. The van der Waals surface area contributed by atoms with Crippen molar-refractivity contribution in [3.05, 3.63) is 35.1 Å². The fourth-order valence-corrected chi connectivity index (χ4v) is 0.939. The number of halogens is 1. The van der Waals surface area contributed by atoms with Crippen LogP contribution in [0.1, 0.15) is 18.1 Å². The van der Waals surface area contributed by atoms with Gasteiger partial charge in [0.25, 0.3) is 0 Å². The van der Waals surface area contributed by atoms with Crippen LogP contribution < -0.4 is 5.73 Å². The highest BCUT2D eigenvalue weighted by Crippen LogP contribution is 2.09. The third-order valence-electron chi connectivity index (χ3n) is 1.59. The lowest BCUT2D eigenvalue weighted by molar-refractivity contribution is 0.611. The first-order valence-electron chi connectivity index (χ1n) is 4.07. The second-order valence-corrected chi connectivity index (χ2v) is 2.45. The number of benzene rings is 1. The predicted octanol–water partition coefficient (Wildman–Crippen LogP) is 2.27. The minimum Gasteiger partial charge on any atom is -0.333 e. The minimum absolute atomic E-state index is 0.0810. The van der Waals surface area contributed by atoms with Crippen molar-refractivity contribution in [2.75, 3.05) is 7.05 Å². The third-order valence-corrected chi connectivity index (χ3v) is 1.59. The first-order chi connectivity index (χ1) is 5.74. The normalized spacial score (nSPS) is 8.75. The molecule has 1 nitrogen and oxygen atoms in total. The smallest absolute Gasteiger partial charge is 0.126 e. The van der Waals surface area contributed by atoms with Crippen molar-refractivity contribution < 1.29 is 4.39 Å². The summed E-state index contributed by atoms with van der Waals surface area (Å²) in [6.45, 7) is 3.84. The molecule has 2 N–H and O–H groups in total. The Hall–Kier alpha value is -0.890. The summed E-state index contributed by atoms with van der Waals surface area (Å²) >= 11 is 0. The molecule has 1 aromatic carbocycles. The Morgan fingerprint density at radius 3 is 2.33 bits per heavy atom. The van der Waals surface area contributed by atoms with Gasteiger partial charge in [0.1, 0.15) is 5.82 Å². The molecule has 0 unspecified atom stereocenters. The van der Waals surface area contributed by atoms with E-state index in [-0.39, 0.29) is 5.82 Å². The molecule has 2 heteroatoms. The maximum Gasteiger partial charge on any atom is 0.126 e.